The van der Waals surface area contributed by atoms with Gasteiger partial charge in [-0.15, -0.1) is 0 Å². The molecule has 0 N–H and O–H groups in total. The molecule has 0 fully saturated rings. The Morgan fingerprint density at radius 3 is 2.88 bits per heavy atom. The zero-order chi connectivity index (χ0) is 17.4. The fourth-order valence-corrected chi connectivity index (χ4v) is 3.12. The number of ether oxygens (including phenoxy) is 2. The average Bonchev–Trinajstić information content (AvgIpc) is 3.21. The summed E-state index contributed by atoms with van der Waals surface area (Å²) in [4.78, 5) is 12.5. The molecule has 25 heavy (non-hydrogen) atoms. The van der Waals surface area contributed by atoms with E-state index in [0.29, 0.717) is 11.3 Å². The number of furan rings is 1. The smallest absolute Gasteiger partial charge is 0.221 e. The standard InChI is InChI=1S/C21H18O4/c1-13-9-16-11-17(23-2)10-15(21(16)24-13)7-8-18(22)20-12-14-5-3-4-6-19(14)25-20/h3-8,10-13H,9H2,1-2H3/b8-7-/t13-/m1/s1. The van der Waals surface area contributed by atoms with Gasteiger partial charge in [0.1, 0.15) is 23.2 Å². The van der Waals surface area contributed by atoms with Gasteiger partial charge in [-0.25, -0.2) is 0 Å². The van der Waals surface area contributed by atoms with Crippen LogP contribution < -0.4 is 9.47 Å². The molecule has 1 aromatic heterocycles. The Balaban J connectivity index is 1.65. The molecule has 2 heterocycles. The highest BCUT2D eigenvalue weighted by molar-refractivity contribution is 6.07. The Morgan fingerprint density at radius 2 is 2.08 bits per heavy atom. The fraction of sp³-hybridized carbons (Fsp3) is 0.190. The van der Waals surface area contributed by atoms with Crippen LogP contribution in [0.4, 0.5) is 0 Å². The predicted molar refractivity (Wildman–Crippen MR) is 96.4 cm³/mol. The first kappa shape index (κ1) is 15.5. The number of carbonyl (C=O) groups is 1. The van der Waals surface area contributed by atoms with Crippen LogP contribution >= 0.6 is 0 Å². The van der Waals surface area contributed by atoms with Gasteiger partial charge in [-0.1, -0.05) is 18.2 Å². The summed E-state index contributed by atoms with van der Waals surface area (Å²) in [5, 5.41) is 0.915. The minimum atomic E-state index is -0.182. The predicted octanol–water partition coefficient (Wildman–Crippen LogP) is 4.66. The van der Waals surface area contributed by atoms with E-state index in [1.807, 2.05) is 43.3 Å². The maximum Gasteiger partial charge on any atom is 0.221 e. The van der Waals surface area contributed by atoms with Crippen molar-refractivity contribution in [3.8, 4) is 11.5 Å². The second-order valence-corrected chi connectivity index (χ2v) is 6.18. The minimum absolute atomic E-state index is 0.125. The first-order valence-corrected chi connectivity index (χ1v) is 8.22. The molecule has 4 rings (SSSR count). The Labute approximate surface area is 145 Å². The van der Waals surface area contributed by atoms with Gasteiger partial charge in [0.25, 0.3) is 0 Å². The van der Waals surface area contributed by atoms with Gasteiger partial charge < -0.3 is 13.9 Å². The number of fused-ring (bicyclic) bond motifs is 2. The molecule has 1 aliphatic rings. The van der Waals surface area contributed by atoms with Crippen LogP contribution in [0.5, 0.6) is 11.5 Å². The van der Waals surface area contributed by atoms with Crippen LogP contribution in [0.2, 0.25) is 0 Å². The summed E-state index contributed by atoms with van der Waals surface area (Å²) in [6.07, 6.45) is 4.24. The van der Waals surface area contributed by atoms with Crippen molar-refractivity contribution >= 4 is 22.8 Å². The summed E-state index contributed by atoms with van der Waals surface area (Å²) < 4.78 is 16.9. The maximum atomic E-state index is 12.5. The number of allylic oxidation sites excluding steroid dienone is 1. The zero-order valence-corrected chi connectivity index (χ0v) is 14.1. The third kappa shape index (κ3) is 2.91. The highest BCUT2D eigenvalue weighted by Crippen LogP contribution is 2.37. The molecule has 0 amide bonds. The number of hydrogen-bond acceptors (Lipinski definition) is 4. The van der Waals surface area contributed by atoms with Crippen LogP contribution in [-0.4, -0.2) is 19.0 Å². The molecule has 0 spiro atoms. The van der Waals surface area contributed by atoms with E-state index in [1.165, 1.54) is 6.08 Å². The molecule has 4 heteroatoms. The molecule has 0 unspecified atom stereocenters. The number of methoxy groups -OCH3 is 1. The lowest BCUT2D eigenvalue weighted by molar-refractivity contribution is 0.102. The van der Waals surface area contributed by atoms with Crippen LogP contribution in [0.25, 0.3) is 17.0 Å². The first-order chi connectivity index (χ1) is 12.1. The van der Waals surface area contributed by atoms with Crippen molar-refractivity contribution in [1.29, 1.82) is 0 Å². The highest BCUT2D eigenvalue weighted by Gasteiger charge is 2.22. The lowest BCUT2D eigenvalue weighted by Crippen LogP contribution is -2.05. The van der Waals surface area contributed by atoms with Crippen LogP contribution in [0.15, 0.2) is 53.0 Å². The van der Waals surface area contributed by atoms with Crippen molar-refractivity contribution in [3.63, 3.8) is 0 Å². The maximum absolute atomic E-state index is 12.5. The largest absolute Gasteiger partial charge is 0.497 e. The Kier molecular flexibility index (Phi) is 3.80. The van der Waals surface area contributed by atoms with Crippen molar-refractivity contribution in [2.75, 3.05) is 7.11 Å². The van der Waals surface area contributed by atoms with Crippen LogP contribution in [0, 0.1) is 0 Å². The third-order valence-corrected chi connectivity index (χ3v) is 4.31. The molecule has 0 bridgehead atoms. The summed E-state index contributed by atoms with van der Waals surface area (Å²) in [7, 11) is 1.63. The lowest BCUT2D eigenvalue weighted by Gasteiger charge is -2.08. The van der Waals surface area contributed by atoms with Gasteiger partial charge >= 0.3 is 0 Å². The average molecular weight is 334 g/mol. The van der Waals surface area contributed by atoms with Crippen molar-refractivity contribution in [2.24, 2.45) is 0 Å². The van der Waals surface area contributed by atoms with Gasteiger partial charge in [0, 0.05) is 22.9 Å². The third-order valence-electron chi connectivity index (χ3n) is 4.31. The minimum Gasteiger partial charge on any atom is -0.497 e. The second kappa shape index (κ2) is 6.13. The van der Waals surface area contributed by atoms with Crippen LogP contribution in [-0.2, 0) is 6.42 Å². The van der Waals surface area contributed by atoms with E-state index in [2.05, 4.69) is 0 Å². The van der Waals surface area contributed by atoms with Crippen molar-refractivity contribution in [1.82, 2.24) is 0 Å². The summed E-state index contributed by atoms with van der Waals surface area (Å²) in [5.74, 6) is 1.72. The molecular weight excluding hydrogens is 316 g/mol. The van der Waals surface area contributed by atoms with Crippen molar-refractivity contribution in [2.45, 2.75) is 19.4 Å². The second-order valence-electron chi connectivity index (χ2n) is 6.18. The number of para-hydroxylation sites is 1. The summed E-state index contributed by atoms with van der Waals surface area (Å²) in [6.45, 7) is 2.03. The first-order valence-electron chi connectivity index (χ1n) is 8.22. The van der Waals surface area contributed by atoms with Crippen molar-refractivity contribution < 1.29 is 18.7 Å². The van der Waals surface area contributed by atoms with Gasteiger partial charge in [-0.3, -0.25) is 4.79 Å². The lowest BCUT2D eigenvalue weighted by atomic mass is 10.0. The topological polar surface area (TPSA) is 48.7 Å². The molecule has 0 saturated carbocycles. The fourth-order valence-electron chi connectivity index (χ4n) is 3.12. The van der Waals surface area contributed by atoms with Crippen LogP contribution in [0.1, 0.15) is 28.6 Å². The van der Waals surface area contributed by atoms with E-state index in [0.717, 1.165) is 34.4 Å². The quantitative estimate of drug-likeness (QED) is 0.514. The molecule has 1 atom stereocenters. The van der Waals surface area contributed by atoms with Gasteiger partial charge in [-0.05, 0) is 43.3 Å². The van der Waals surface area contributed by atoms with Gasteiger partial charge in [0.15, 0.2) is 5.76 Å². The van der Waals surface area contributed by atoms with E-state index in [1.54, 1.807) is 19.3 Å². The van der Waals surface area contributed by atoms with Gasteiger partial charge in [0.2, 0.25) is 5.78 Å². The highest BCUT2D eigenvalue weighted by atomic mass is 16.5. The molecular formula is C21H18O4. The number of benzene rings is 2. The van der Waals surface area contributed by atoms with E-state index < -0.39 is 0 Å². The van der Waals surface area contributed by atoms with Gasteiger partial charge in [0.05, 0.1) is 7.11 Å². The number of hydrogen-bond donors (Lipinski definition) is 0. The molecule has 3 aromatic rings. The summed E-state index contributed by atoms with van der Waals surface area (Å²) in [5.41, 5.74) is 2.64. The van der Waals surface area contributed by atoms with E-state index in [9.17, 15) is 4.79 Å². The Bertz CT molecular complexity index is 948. The normalized spacial score (nSPS) is 16.2. The monoisotopic (exact) mass is 334 g/mol. The Morgan fingerprint density at radius 1 is 1.24 bits per heavy atom. The molecule has 1 aliphatic heterocycles. The summed E-state index contributed by atoms with van der Waals surface area (Å²) in [6, 6.07) is 13.2. The van der Waals surface area contributed by atoms with Gasteiger partial charge in [-0.2, -0.15) is 0 Å². The molecule has 0 radical (unpaired) electrons. The molecule has 2 aromatic carbocycles. The van der Waals surface area contributed by atoms with E-state index in [4.69, 9.17) is 13.9 Å². The molecule has 0 saturated heterocycles. The number of carbonyl (C=O) groups excluding carboxylic acids is 1. The zero-order valence-electron chi connectivity index (χ0n) is 14.1. The molecule has 4 nitrogen and oxygen atoms in total. The van der Waals surface area contributed by atoms with Crippen LogP contribution in [0.3, 0.4) is 0 Å². The van der Waals surface area contributed by atoms with E-state index in [-0.39, 0.29) is 11.9 Å². The summed E-state index contributed by atoms with van der Waals surface area (Å²) >= 11 is 0. The Hall–Kier alpha value is -3.01. The number of rotatable bonds is 4. The molecule has 0 aliphatic carbocycles. The SMILES string of the molecule is COc1cc(/C=C\C(=O)c2cc3ccccc3o2)c2c(c1)C[C@@H](C)O2. The van der Waals surface area contributed by atoms with Crippen molar-refractivity contribution in [3.05, 3.63) is 65.4 Å². The van der Waals surface area contributed by atoms with E-state index >= 15 is 0 Å². The number of ketones is 1. The molecule has 126 valence electrons.